The molecule has 9 heteroatoms. The van der Waals surface area contributed by atoms with Gasteiger partial charge >= 0.3 is 0 Å². The fraction of sp³-hybridized carbons (Fsp3) is 0.478. The maximum absolute atomic E-state index is 13.0. The second-order valence-electron chi connectivity index (χ2n) is 8.42. The summed E-state index contributed by atoms with van der Waals surface area (Å²) < 4.78 is 37.5. The fourth-order valence-electron chi connectivity index (χ4n) is 3.80. The van der Waals surface area contributed by atoms with Crippen LogP contribution in [0.3, 0.4) is 0 Å². The molecule has 6 nitrogen and oxygen atoms in total. The maximum Gasteiger partial charge on any atom is 0.255 e. The quantitative estimate of drug-likeness (QED) is 0.616. The molecule has 32 heavy (non-hydrogen) atoms. The summed E-state index contributed by atoms with van der Waals surface area (Å²) >= 11 is 6.38. The number of carbonyl (C=O) groups is 1. The molecule has 2 heterocycles. The predicted molar refractivity (Wildman–Crippen MR) is 118 cm³/mol. The van der Waals surface area contributed by atoms with Gasteiger partial charge in [0.1, 0.15) is 23.4 Å². The summed E-state index contributed by atoms with van der Waals surface area (Å²) in [4.78, 5) is 17.6. The van der Waals surface area contributed by atoms with Crippen LogP contribution in [-0.4, -0.2) is 42.6 Å². The standard InChI is InChI=1S/C23H26ClF2N3O3/c1-14(28-15(2)30)16-3-5-18(6-4-16)32-19-7-8-29(12-19)22-21(24)9-20(11-27-22)31-13-17-10-23(17,25)26/h3-6,9,11,14,17,19H,7-8,10,12-13H2,1-2H3,(H,28,30)/t14-,17?,19?/m0/s1. The Bertz CT molecular complexity index is 973. The maximum atomic E-state index is 13.0. The summed E-state index contributed by atoms with van der Waals surface area (Å²) in [5.74, 6) is -1.62. The van der Waals surface area contributed by atoms with Crippen molar-refractivity contribution < 1.29 is 23.0 Å². The van der Waals surface area contributed by atoms with E-state index in [2.05, 4.69) is 10.3 Å². The molecule has 2 aliphatic rings. The first-order chi connectivity index (χ1) is 15.2. The molecule has 1 amide bonds. The summed E-state index contributed by atoms with van der Waals surface area (Å²) in [6.45, 7) is 4.76. The van der Waals surface area contributed by atoms with Gasteiger partial charge in [0.2, 0.25) is 5.91 Å². The number of aromatic nitrogens is 1. The lowest BCUT2D eigenvalue weighted by atomic mass is 10.1. The van der Waals surface area contributed by atoms with Crippen molar-refractivity contribution in [2.24, 2.45) is 5.92 Å². The van der Waals surface area contributed by atoms with Crippen LogP contribution in [0.25, 0.3) is 0 Å². The largest absolute Gasteiger partial charge is 0.491 e. The number of rotatable bonds is 8. The molecule has 1 saturated heterocycles. The van der Waals surface area contributed by atoms with Crippen molar-refractivity contribution in [2.75, 3.05) is 24.6 Å². The van der Waals surface area contributed by atoms with E-state index in [1.54, 1.807) is 6.07 Å². The zero-order valence-corrected chi connectivity index (χ0v) is 18.7. The second kappa shape index (κ2) is 9.10. The van der Waals surface area contributed by atoms with Crippen LogP contribution in [0, 0.1) is 5.92 Å². The molecule has 0 bridgehead atoms. The fourth-order valence-corrected chi connectivity index (χ4v) is 4.08. The third-order valence-corrected chi connectivity index (χ3v) is 6.03. The Labute approximate surface area is 190 Å². The lowest BCUT2D eigenvalue weighted by molar-refractivity contribution is -0.119. The molecule has 1 aliphatic heterocycles. The first-order valence-electron chi connectivity index (χ1n) is 10.7. The lowest BCUT2D eigenvalue weighted by Gasteiger charge is -2.20. The van der Waals surface area contributed by atoms with E-state index in [1.165, 1.54) is 13.1 Å². The van der Waals surface area contributed by atoms with Gasteiger partial charge in [0.05, 0.1) is 36.3 Å². The summed E-state index contributed by atoms with van der Waals surface area (Å²) in [6.07, 6.45) is 2.19. The zero-order chi connectivity index (χ0) is 22.9. The van der Waals surface area contributed by atoms with E-state index in [4.69, 9.17) is 21.1 Å². The van der Waals surface area contributed by atoms with Crippen molar-refractivity contribution in [1.82, 2.24) is 10.3 Å². The Balaban J connectivity index is 1.30. The minimum absolute atomic E-state index is 0.0143. The number of nitrogens with zero attached hydrogens (tertiary/aromatic N) is 2. The third-order valence-electron chi connectivity index (χ3n) is 5.75. The average molecular weight is 466 g/mol. The van der Waals surface area contributed by atoms with Gasteiger partial charge < -0.3 is 19.7 Å². The third kappa shape index (κ3) is 5.41. The highest BCUT2D eigenvalue weighted by Crippen LogP contribution is 2.48. The Hall–Kier alpha value is -2.61. The number of ether oxygens (including phenoxy) is 2. The van der Waals surface area contributed by atoms with Gasteiger partial charge in [-0.3, -0.25) is 4.79 Å². The number of nitrogens with one attached hydrogen (secondary N) is 1. The molecule has 1 aromatic heterocycles. The van der Waals surface area contributed by atoms with Gasteiger partial charge in [-0.05, 0) is 24.6 Å². The molecule has 1 saturated carbocycles. The van der Waals surface area contributed by atoms with Crippen LogP contribution in [0.1, 0.15) is 38.3 Å². The number of pyridine rings is 1. The second-order valence-corrected chi connectivity index (χ2v) is 8.82. The number of hydrogen-bond donors (Lipinski definition) is 1. The van der Waals surface area contributed by atoms with Gasteiger partial charge in [-0.2, -0.15) is 0 Å². The monoisotopic (exact) mass is 465 g/mol. The van der Waals surface area contributed by atoms with E-state index < -0.39 is 11.8 Å². The Morgan fingerprint density at radius 1 is 1.34 bits per heavy atom. The molecular weight excluding hydrogens is 440 g/mol. The van der Waals surface area contributed by atoms with Crippen LogP contribution in [-0.2, 0) is 4.79 Å². The number of alkyl halides is 2. The van der Waals surface area contributed by atoms with Crippen molar-refractivity contribution >= 4 is 23.3 Å². The summed E-state index contributed by atoms with van der Waals surface area (Å²) in [7, 11) is 0. The van der Waals surface area contributed by atoms with Gasteiger partial charge in [-0.15, -0.1) is 0 Å². The molecule has 172 valence electrons. The number of carbonyl (C=O) groups excluding carboxylic acids is 1. The molecule has 2 unspecified atom stereocenters. The van der Waals surface area contributed by atoms with Crippen LogP contribution in [0.15, 0.2) is 36.5 Å². The van der Waals surface area contributed by atoms with Gasteiger partial charge in [-0.1, -0.05) is 23.7 Å². The molecule has 1 aliphatic carbocycles. The van der Waals surface area contributed by atoms with Gasteiger partial charge in [0.15, 0.2) is 0 Å². The van der Waals surface area contributed by atoms with E-state index >= 15 is 0 Å². The number of anilines is 1. The van der Waals surface area contributed by atoms with Crippen LogP contribution in [0.4, 0.5) is 14.6 Å². The molecule has 2 fully saturated rings. The summed E-state index contributed by atoms with van der Waals surface area (Å²) in [5.41, 5.74) is 1.00. The van der Waals surface area contributed by atoms with Gasteiger partial charge in [0, 0.05) is 32.4 Å². The van der Waals surface area contributed by atoms with E-state index in [0.29, 0.717) is 23.1 Å². The highest BCUT2D eigenvalue weighted by molar-refractivity contribution is 6.33. The minimum atomic E-state index is -2.61. The van der Waals surface area contributed by atoms with Crippen LogP contribution >= 0.6 is 11.6 Å². The molecule has 4 rings (SSSR count). The van der Waals surface area contributed by atoms with Crippen molar-refractivity contribution in [3.05, 3.63) is 47.1 Å². The summed E-state index contributed by atoms with van der Waals surface area (Å²) in [5, 5.41) is 3.28. The topological polar surface area (TPSA) is 63.7 Å². The number of benzene rings is 1. The SMILES string of the molecule is CC(=O)N[C@@H](C)c1ccc(OC2CCN(c3ncc(OCC4CC4(F)F)cc3Cl)C2)cc1. The van der Waals surface area contributed by atoms with E-state index in [0.717, 1.165) is 24.3 Å². The predicted octanol–water partition coefficient (Wildman–Crippen LogP) is 4.62. The Kier molecular flexibility index (Phi) is 6.42. The number of amides is 1. The van der Waals surface area contributed by atoms with Crippen LogP contribution < -0.4 is 19.7 Å². The molecule has 0 spiro atoms. The van der Waals surface area contributed by atoms with Crippen LogP contribution in [0.5, 0.6) is 11.5 Å². The highest BCUT2D eigenvalue weighted by atomic mass is 35.5. The van der Waals surface area contributed by atoms with E-state index in [-0.39, 0.29) is 31.1 Å². The van der Waals surface area contributed by atoms with Crippen molar-refractivity contribution in [2.45, 2.75) is 44.8 Å². The molecule has 3 atom stereocenters. The van der Waals surface area contributed by atoms with Gasteiger partial charge in [0.25, 0.3) is 5.92 Å². The average Bonchev–Trinajstić information content (AvgIpc) is 3.11. The Morgan fingerprint density at radius 3 is 2.69 bits per heavy atom. The van der Waals surface area contributed by atoms with Crippen molar-refractivity contribution in [3.8, 4) is 11.5 Å². The van der Waals surface area contributed by atoms with E-state index in [9.17, 15) is 13.6 Å². The molecule has 1 aromatic carbocycles. The normalized spacial score (nSPS) is 22.3. The molecule has 2 aromatic rings. The van der Waals surface area contributed by atoms with Crippen molar-refractivity contribution in [1.29, 1.82) is 0 Å². The first kappa shape index (κ1) is 22.6. The molecule has 1 N–H and O–H groups in total. The molecule has 0 radical (unpaired) electrons. The lowest BCUT2D eigenvalue weighted by Crippen LogP contribution is -2.25. The van der Waals surface area contributed by atoms with Gasteiger partial charge in [-0.25, -0.2) is 13.8 Å². The van der Waals surface area contributed by atoms with E-state index in [1.807, 2.05) is 36.1 Å². The van der Waals surface area contributed by atoms with Crippen LogP contribution in [0.2, 0.25) is 5.02 Å². The van der Waals surface area contributed by atoms with Crippen molar-refractivity contribution in [3.63, 3.8) is 0 Å². The molecular formula is C23H26ClF2N3O3. The smallest absolute Gasteiger partial charge is 0.255 e. The highest BCUT2D eigenvalue weighted by Gasteiger charge is 2.57. The number of halogens is 3. The summed E-state index contributed by atoms with van der Waals surface area (Å²) in [6, 6.07) is 9.24. The Morgan fingerprint density at radius 2 is 2.06 bits per heavy atom. The minimum Gasteiger partial charge on any atom is -0.491 e. The zero-order valence-electron chi connectivity index (χ0n) is 18.0. The first-order valence-corrected chi connectivity index (χ1v) is 11.0. The number of hydrogen-bond acceptors (Lipinski definition) is 5.